The molecule has 0 N–H and O–H groups in total. The van der Waals surface area contributed by atoms with E-state index < -0.39 is 49.2 Å². The van der Waals surface area contributed by atoms with E-state index in [0.717, 1.165) is 19.1 Å². The molecule has 0 nitrogen and oxygen atoms in total. The molecule has 0 aliphatic carbocycles. The number of rotatable bonds is 7. The van der Waals surface area contributed by atoms with E-state index in [2.05, 4.69) is 0 Å². The van der Waals surface area contributed by atoms with Crippen LogP contribution in [-0.4, -0.2) is 11.5 Å². The van der Waals surface area contributed by atoms with Gasteiger partial charge in [0.05, 0.1) is 0 Å². The van der Waals surface area contributed by atoms with Crippen molar-refractivity contribution in [1.82, 2.24) is 0 Å². The maximum absolute atomic E-state index is 13.4. The van der Waals surface area contributed by atoms with Crippen molar-refractivity contribution in [2.75, 3.05) is 11.5 Å². The molecule has 0 fully saturated rings. The standard InChI is InChI=1S/C13H11F9S3/c1-8-9(23-6-4-11(14)15)2-3-10(24-7-5-12(16)17)13(8)25(18,19,20,21)22/h2-5H,6-7H2,1H3. The van der Waals surface area contributed by atoms with E-state index in [1.807, 2.05) is 0 Å². The van der Waals surface area contributed by atoms with Crippen LogP contribution in [0.15, 0.2) is 51.1 Å². The topological polar surface area (TPSA) is 0 Å². The highest BCUT2D eigenvalue weighted by atomic mass is 32.5. The molecular weight excluding hydrogens is 423 g/mol. The fraction of sp³-hybridized carbons (Fsp3) is 0.231. The molecule has 0 saturated carbocycles. The van der Waals surface area contributed by atoms with E-state index in [9.17, 15) is 37.0 Å². The first kappa shape index (κ1) is 22.2. The van der Waals surface area contributed by atoms with Gasteiger partial charge in [-0.05, 0) is 36.8 Å². The van der Waals surface area contributed by atoms with Crippen molar-refractivity contribution in [3.05, 3.63) is 42.0 Å². The van der Waals surface area contributed by atoms with Crippen LogP contribution in [0.2, 0.25) is 0 Å². The highest BCUT2D eigenvalue weighted by Gasteiger charge is 2.67. The third kappa shape index (κ3) is 7.10. The van der Waals surface area contributed by atoms with Crippen molar-refractivity contribution in [2.24, 2.45) is 0 Å². The highest BCUT2D eigenvalue weighted by molar-refractivity contribution is 8.46. The summed E-state index contributed by atoms with van der Waals surface area (Å²) < 4.78 is 115. The molecule has 25 heavy (non-hydrogen) atoms. The molecule has 0 saturated heterocycles. The Labute approximate surface area is 146 Å². The maximum Gasteiger partial charge on any atom is 0.311 e. The Morgan fingerprint density at radius 2 is 1.24 bits per heavy atom. The van der Waals surface area contributed by atoms with Crippen LogP contribution in [0.5, 0.6) is 0 Å². The zero-order chi connectivity index (χ0) is 19.5. The lowest BCUT2D eigenvalue weighted by atomic mass is 10.2. The first-order valence-electron chi connectivity index (χ1n) is 6.27. The lowest BCUT2D eigenvalue weighted by Crippen LogP contribution is -2.10. The van der Waals surface area contributed by atoms with Crippen molar-refractivity contribution in [2.45, 2.75) is 21.6 Å². The normalized spacial score (nSPS) is 14.5. The van der Waals surface area contributed by atoms with Gasteiger partial charge in [0.1, 0.15) is 4.90 Å². The maximum atomic E-state index is 13.4. The molecule has 12 heteroatoms. The van der Waals surface area contributed by atoms with Gasteiger partial charge in [0.25, 0.3) is 12.2 Å². The van der Waals surface area contributed by atoms with Crippen molar-refractivity contribution >= 4 is 33.7 Å². The number of hydrogen-bond donors (Lipinski definition) is 0. The predicted molar refractivity (Wildman–Crippen MR) is 84.6 cm³/mol. The Morgan fingerprint density at radius 3 is 1.64 bits per heavy atom. The summed E-state index contributed by atoms with van der Waals surface area (Å²) in [6, 6.07) is 1.79. The molecule has 0 bridgehead atoms. The minimum Gasteiger partial charge on any atom is -0.174 e. The van der Waals surface area contributed by atoms with E-state index in [1.165, 1.54) is 0 Å². The summed E-state index contributed by atoms with van der Waals surface area (Å²) in [5, 5.41) is 0. The molecule has 0 heterocycles. The van der Waals surface area contributed by atoms with Crippen LogP contribution in [-0.2, 0) is 0 Å². The van der Waals surface area contributed by atoms with Crippen LogP contribution in [0.1, 0.15) is 5.56 Å². The minimum absolute atomic E-state index is 0.183. The fourth-order valence-corrected chi connectivity index (χ4v) is 5.35. The lowest BCUT2D eigenvalue weighted by molar-refractivity contribution is 0.359. The number of thioether (sulfide) groups is 2. The summed E-state index contributed by atoms with van der Waals surface area (Å²) >= 11 is 0.711. The van der Waals surface area contributed by atoms with Gasteiger partial charge in [0.2, 0.25) is 0 Å². The SMILES string of the molecule is Cc1c(SCC=C(F)F)ccc(SCC=C(F)F)c1S(F)(F)(F)(F)F. The third-order valence-electron chi connectivity index (χ3n) is 2.66. The van der Waals surface area contributed by atoms with Gasteiger partial charge in [-0.3, -0.25) is 0 Å². The smallest absolute Gasteiger partial charge is 0.174 e. The zero-order valence-corrected chi connectivity index (χ0v) is 14.8. The van der Waals surface area contributed by atoms with Crippen LogP contribution >= 0.6 is 33.7 Å². The summed E-state index contributed by atoms with van der Waals surface area (Å²) in [6.07, 6.45) is -3.47. The molecule has 1 rings (SSSR count). The second kappa shape index (κ2) is 7.03. The van der Waals surface area contributed by atoms with Gasteiger partial charge in [0, 0.05) is 21.3 Å². The zero-order valence-electron chi connectivity index (χ0n) is 12.4. The van der Waals surface area contributed by atoms with E-state index in [1.54, 1.807) is 0 Å². The monoisotopic (exact) mass is 434 g/mol. The Kier molecular flexibility index (Phi) is 6.23. The van der Waals surface area contributed by atoms with Gasteiger partial charge in [0.15, 0.2) is 0 Å². The van der Waals surface area contributed by atoms with E-state index >= 15 is 0 Å². The molecule has 0 aliphatic heterocycles. The van der Waals surface area contributed by atoms with Gasteiger partial charge in [-0.2, -0.15) is 17.6 Å². The van der Waals surface area contributed by atoms with Crippen molar-refractivity contribution in [1.29, 1.82) is 0 Å². The Bertz CT molecular complexity index is 700. The molecule has 0 radical (unpaired) electrons. The molecule has 0 aromatic heterocycles. The predicted octanol–water partition coefficient (Wildman–Crippen LogP) is 8.40. The Balaban J connectivity index is 3.39. The number of benzene rings is 1. The molecule has 1 aromatic carbocycles. The van der Waals surface area contributed by atoms with Crippen LogP contribution in [0.3, 0.4) is 0 Å². The fourth-order valence-electron chi connectivity index (χ4n) is 1.79. The highest BCUT2D eigenvalue weighted by Crippen LogP contribution is 3.03. The summed E-state index contributed by atoms with van der Waals surface area (Å²) in [7, 11) is -10.1. The Morgan fingerprint density at radius 1 is 0.840 bits per heavy atom. The molecule has 1 aromatic rings. The lowest BCUT2D eigenvalue weighted by Gasteiger charge is -2.43. The van der Waals surface area contributed by atoms with Crippen LogP contribution in [0.25, 0.3) is 0 Å². The van der Waals surface area contributed by atoms with Gasteiger partial charge < -0.3 is 0 Å². The van der Waals surface area contributed by atoms with Gasteiger partial charge in [-0.15, -0.1) is 23.5 Å². The number of hydrogen-bond acceptors (Lipinski definition) is 2. The molecular formula is C13H11F9S3. The second-order valence-electron chi connectivity index (χ2n) is 4.59. The van der Waals surface area contributed by atoms with Gasteiger partial charge in [-0.1, -0.05) is 19.4 Å². The van der Waals surface area contributed by atoms with Crippen LogP contribution in [0, 0.1) is 6.92 Å². The van der Waals surface area contributed by atoms with Crippen LogP contribution in [0.4, 0.5) is 37.0 Å². The molecule has 0 amide bonds. The van der Waals surface area contributed by atoms with E-state index in [0.29, 0.717) is 23.9 Å². The summed E-state index contributed by atoms with van der Waals surface area (Å²) in [5.74, 6) is -1.05. The van der Waals surface area contributed by atoms with Crippen molar-refractivity contribution in [3.63, 3.8) is 0 Å². The molecule has 0 aliphatic rings. The summed E-state index contributed by atoms with van der Waals surface area (Å²) in [6.45, 7) is 0.792. The molecule has 0 unspecified atom stereocenters. The largest absolute Gasteiger partial charge is 0.311 e. The molecule has 144 valence electrons. The molecule has 0 spiro atoms. The van der Waals surface area contributed by atoms with E-state index in [4.69, 9.17) is 0 Å². The summed E-state index contributed by atoms with van der Waals surface area (Å²) in [4.78, 5) is -3.32. The summed E-state index contributed by atoms with van der Waals surface area (Å²) in [5.41, 5.74) is -0.827. The quantitative estimate of drug-likeness (QED) is 0.312. The van der Waals surface area contributed by atoms with Gasteiger partial charge in [-0.25, -0.2) is 0 Å². The average molecular weight is 434 g/mol. The minimum atomic E-state index is -10.1. The third-order valence-corrected chi connectivity index (χ3v) is 6.16. The first-order chi connectivity index (χ1) is 11.1. The van der Waals surface area contributed by atoms with Gasteiger partial charge >= 0.3 is 10.2 Å². The number of halogens is 9. The van der Waals surface area contributed by atoms with E-state index in [-0.39, 0.29) is 16.7 Å². The average Bonchev–Trinajstić information content (AvgIpc) is 2.37. The van der Waals surface area contributed by atoms with Crippen molar-refractivity contribution in [3.8, 4) is 0 Å². The first-order valence-corrected chi connectivity index (χ1v) is 10.2. The Hall–Kier alpha value is -0.880. The van der Waals surface area contributed by atoms with Crippen LogP contribution < -0.4 is 0 Å². The van der Waals surface area contributed by atoms with Crippen molar-refractivity contribution < 1.29 is 37.0 Å². The molecule has 0 atom stereocenters. The second-order valence-corrected chi connectivity index (χ2v) is 9.06.